The van der Waals surface area contributed by atoms with Gasteiger partial charge in [0.2, 0.25) is 5.95 Å². The van der Waals surface area contributed by atoms with Gasteiger partial charge >= 0.3 is 0 Å². The molecule has 100 valence electrons. The number of hydrogen-bond donors (Lipinski definition) is 1. The molecule has 0 fully saturated rings. The minimum absolute atomic E-state index is 0.519. The second-order valence-corrected chi connectivity index (χ2v) is 4.94. The quantitative estimate of drug-likeness (QED) is 0.765. The van der Waals surface area contributed by atoms with Crippen molar-refractivity contribution in [1.29, 1.82) is 0 Å². The first-order chi connectivity index (χ1) is 9.66. The molecule has 3 nitrogen and oxygen atoms in total. The maximum Gasteiger partial charge on any atom is 0.205 e. The third-order valence-electron chi connectivity index (χ3n) is 3.42. The van der Waals surface area contributed by atoms with Crippen LogP contribution >= 0.6 is 0 Å². The molecule has 1 aromatic heterocycles. The molecule has 0 amide bonds. The van der Waals surface area contributed by atoms with E-state index in [-0.39, 0.29) is 0 Å². The van der Waals surface area contributed by atoms with Crippen LogP contribution < -0.4 is 5.73 Å². The summed E-state index contributed by atoms with van der Waals surface area (Å²) in [7, 11) is 0. The fraction of sp³-hybridized carbons (Fsp3) is 0.118. The third-order valence-corrected chi connectivity index (χ3v) is 3.42. The van der Waals surface area contributed by atoms with Gasteiger partial charge in [-0.05, 0) is 26.0 Å². The van der Waals surface area contributed by atoms with E-state index < -0.39 is 0 Å². The highest BCUT2D eigenvalue weighted by molar-refractivity contribution is 5.68. The van der Waals surface area contributed by atoms with Gasteiger partial charge in [-0.15, -0.1) is 0 Å². The van der Waals surface area contributed by atoms with Crippen molar-refractivity contribution in [3.63, 3.8) is 0 Å². The number of anilines is 1. The van der Waals surface area contributed by atoms with E-state index in [2.05, 4.69) is 48.3 Å². The molecule has 0 saturated heterocycles. The van der Waals surface area contributed by atoms with Crippen LogP contribution in [-0.4, -0.2) is 9.55 Å². The van der Waals surface area contributed by atoms with Crippen molar-refractivity contribution in [2.24, 2.45) is 0 Å². The Morgan fingerprint density at radius 3 is 2.20 bits per heavy atom. The number of nitrogen functional groups attached to an aromatic ring is 1. The minimum atomic E-state index is 0.519. The number of nitrogens with two attached hydrogens (primary N) is 1. The number of imidazole rings is 1. The zero-order chi connectivity index (χ0) is 14.1. The number of aryl methyl sites for hydroxylation is 2. The Morgan fingerprint density at radius 1 is 0.900 bits per heavy atom. The van der Waals surface area contributed by atoms with Crippen LogP contribution in [0.25, 0.3) is 16.9 Å². The number of hydrogen-bond acceptors (Lipinski definition) is 2. The first kappa shape index (κ1) is 12.5. The second-order valence-electron chi connectivity index (χ2n) is 4.94. The van der Waals surface area contributed by atoms with E-state index in [9.17, 15) is 0 Å². The van der Waals surface area contributed by atoms with E-state index in [4.69, 9.17) is 5.73 Å². The standard InChI is InChI=1S/C17H17N3/c1-12-8-10-15(11-9-12)20-16(13(2)19-17(20)18)14-6-4-3-5-7-14/h3-11H,1-2H3,(H2,18,19). The van der Waals surface area contributed by atoms with Gasteiger partial charge in [0.15, 0.2) is 0 Å². The number of benzene rings is 2. The summed E-state index contributed by atoms with van der Waals surface area (Å²) >= 11 is 0. The van der Waals surface area contributed by atoms with Gasteiger partial charge in [0.1, 0.15) is 0 Å². The number of nitrogens with zero attached hydrogens (tertiary/aromatic N) is 2. The van der Waals surface area contributed by atoms with E-state index in [0.29, 0.717) is 5.95 Å². The van der Waals surface area contributed by atoms with Gasteiger partial charge in [-0.2, -0.15) is 0 Å². The average Bonchev–Trinajstić information content (AvgIpc) is 2.75. The molecule has 0 aliphatic heterocycles. The van der Waals surface area contributed by atoms with E-state index in [1.807, 2.05) is 29.7 Å². The Morgan fingerprint density at radius 2 is 1.55 bits per heavy atom. The molecule has 2 aromatic carbocycles. The van der Waals surface area contributed by atoms with E-state index >= 15 is 0 Å². The molecule has 0 aliphatic carbocycles. The largest absolute Gasteiger partial charge is 0.369 e. The Hall–Kier alpha value is -2.55. The highest BCUT2D eigenvalue weighted by Gasteiger charge is 2.15. The molecule has 0 radical (unpaired) electrons. The van der Waals surface area contributed by atoms with Crippen LogP contribution in [-0.2, 0) is 0 Å². The lowest BCUT2D eigenvalue weighted by molar-refractivity contribution is 1.08. The van der Waals surface area contributed by atoms with Gasteiger partial charge in [-0.1, -0.05) is 48.0 Å². The summed E-state index contributed by atoms with van der Waals surface area (Å²) in [6, 6.07) is 18.5. The van der Waals surface area contributed by atoms with Gasteiger partial charge in [-0.3, -0.25) is 4.57 Å². The van der Waals surface area contributed by atoms with Crippen LogP contribution in [0, 0.1) is 13.8 Å². The molecule has 0 aliphatic rings. The normalized spacial score (nSPS) is 10.7. The molecule has 2 N–H and O–H groups in total. The molecule has 1 heterocycles. The first-order valence-electron chi connectivity index (χ1n) is 6.64. The van der Waals surface area contributed by atoms with Gasteiger partial charge in [-0.25, -0.2) is 4.98 Å². The Balaban J connectivity index is 2.23. The molecule has 3 rings (SSSR count). The topological polar surface area (TPSA) is 43.8 Å². The lowest BCUT2D eigenvalue weighted by atomic mass is 10.1. The SMILES string of the molecule is Cc1ccc(-n2c(N)nc(C)c2-c2ccccc2)cc1. The molecule has 20 heavy (non-hydrogen) atoms. The monoisotopic (exact) mass is 263 g/mol. The van der Waals surface area contributed by atoms with Gasteiger partial charge in [0.25, 0.3) is 0 Å². The zero-order valence-corrected chi connectivity index (χ0v) is 11.7. The van der Waals surface area contributed by atoms with Crippen LogP contribution in [0.2, 0.25) is 0 Å². The lowest BCUT2D eigenvalue weighted by Gasteiger charge is -2.11. The van der Waals surface area contributed by atoms with Gasteiger partial charge < -0.3 is 5.73 Å². The van der Waals surface area contributed by atoms with Crippen LogP contribution in [0.15, 0.2) is 54.6 Å². The van der Waals surface area contributed by atoms with Crippen molar-refractivity contribution in [3.8, 4) is 16.9 Å². The predicted octanol–water partition coefficient (Wildman–Crippen LogP) is 3.74. The number of rotatable bonds is 2. The zero-order valence-electron chi connectivity index (χ0n) is 11.7. The van der Waals surface area contributed by atoms with Crippen LogP contribution in [0.5, 0.6) is 0 Å². The number of aromatic nitrogens is 2. The van der Waals surface area contributed by atoms with E-state index in [1.54, 1.807) is 0 Å². The van der Waals surface area contributed by atoms with Crippen molar-refractivity contribution in [2.75, 3.05) is 5.73 Å². The Kier molecular flexibility index (Phi) is 3.03. The second kappa shape index (κ2) is 4.85. The van der Waals surface area contributed by atoms with Crippen molar-refractivity contribution < 1.29 is 0 Å². The lowest BCUT2D eigenvalue weighted by Crippen LogP contribution is -2.02. The molecular formula is C17H17N3. The summed E-state index contributed by atoms with van der Waals surface area (Å²) in [5, 5.41) is 0. The smallest absolute Gasteiger partial charge is 0.205 e. The van der Waals surface area contributed by atoms with Gasteiger partial charge in [0, 0.05) is 11.3 Å². The molecule has 3 heteroatoms. The van der Waals surface area contributed by atoms with Crippen LogP contribution in [0.4, 0.5) is 5.95 Å². The van der Waals surface area contributed by atoms with Crippen LogP contribution in [0.3, 0.4) is 0 Å². The third kappa shape index (κ3) is 2.07. The summed E-state index contributed by atoms with van der Waals surface area (Å²) in [5.41, 5.74) is 11.5. The van der Waals surface area contributed by atoms with Gasteiger partial charge in [0.05, 0.1) is 11.4 Å². The predicted molar refractivity (Wildman–Crippen MR) is 82.9 cm³/mol. The summed E-state index contributed by atoms with van der Waals surface area (Å²) in [5.74, 6) is 0.519. The van der Waals surface area contributed by atoms with E-state index in [0.717, 1.165) is 22.6 Å². The molecule has 0 unspecified atom stereocenters. The molecular weight excluding hydrogens is 246 g/mol. The molecule has 0 saturated carbocycles. The van der Waals surface area contributed by atoms with Crippen LogP contribution in [0.1, 0.15) is 11.3 Å². The average molecular weight is 263 g/mol. The van der Waals surface area contributed by atoms with Crippen molar-refractivity contribution in [3.05, 3.63) is 65.9 Å². The molecule has 0 spiro atoms. The van der Waals surface area contributed by atoms with Crippen molar-refractivity contribution >= 4 is 5.95 Å². The van der Waals surface area contributed by atoms with Crippen molar-refractivity contribution in [1.82, 2.24) is 9.55 Å². The summed E-state index contributed by atoms with van der Waals surface area (Å²) in [6.07, 6.45) is 0. The summed E-state index contributed by atoms with van der Waals surface area (Å²) in [6.45, 7) is 4.06. The Bertz CT molecular complexity index is 725. The molecule has 0 atom stereocenters. The first-order valence-corrected chi connectivity index (χ1v) is 6.64. The fourth-order valence-electron chi connectivity index (χ4n) is 2.44. The van der Waals surface area contributed by atoms with E-state index in [1.165, 1.54) is 5.56 Å². The molecule has 0 bridgehead atoms. The highest BCUT2D eigenvalue weighted by Crippen LogP contribution is 2.29. The van der Waals surface area contributed by atoms with Crippen molar-refractivity contribution in [2.45, 2.75) is 13.8 Å². The fourth-order valence-corrected chi connectivity index (χ4v) is 2.44. The molecule has 3 aromatic rings. The maximum atomic E-state index is 6.10. The summed E-state index contributed by atoms with van der Waals surface area (Å²) < 4.78 is 2.00. The minimum Gasteiger partial charge on any atom is -0.369 e. The maximum absolute atomic E-state index is 6.10. The Labute approximate surface area is 118 Å². The highest BCUT2D eigenvalue weighted by atomic mass is 15.2. The summed E-state index contributed by atoms with van der Waals surface area (Å²) in [4.78, 5) is 4.43.